The van der Waals surface area contributed by atoms with Crippen molar-refractivity contribution < 1.29 is 14.3 Å². The van der Waals surface area contributed by atoms with Crippen LogP contribution in [-0.2, 0) is 17.9 Å². The van der Waals surface area contributed by atoms with E-state index < -0.39 is 0 Å². The first-order valence-corrected chi connectivity index (χ1v) is 7.85. The molecule has 7 nitrogen and oxygen atoms in total. The highest BCUT2D eigenvalue weighted by Crippen LogP contribution is 2.31. The molecule has 0 aliphatic heterocycles. The van der Waals surface area contributed by atoms with Crippen LogP contribution in [0.3, 0.4) is 0 Å². The molecule has 0 atom stereocenters. The van der Waals surface area contributed by atoms with E-state index in [1.807, 2.05) is 12.1 Å². The van der Waals surface area contributed by atoms with Crippen LogP contribution in [-0.4, -0.2) is 41.6 Å². The summed E-state index contributed by atoms with van der Waals surface area (Å²) in [6, 6.07) is 5.51. The Labute approximate surface area is 146 Å². The smallest absolute Gasteiger partial charge is 0.256 e. The second-order valence-electron chi connectivity index (χ2n) is 5.79. The Kier molecular flexibility index (Phi) is 5.80. The predicted octanol–water partition coefficient (Wildman–Crippen LogP) is 1.54. The maximum atomic E-state index is 12.5. The summed E-state index contributed by atoms with van der Waals surface area (Å²) in [5.41, 5.74) is 1.84. The summed E-state index contributed by atoms with van der Waals surface area (Å²) in [6.07, 6.45) is 1.41. The van der Waals surface area contributed by atoms with Crippen molar-refractivity contribution in [3.63, 3.8) is 0 Å². The first kappa shape index (κ1) is 18.5. The fourth-order valence-corrected chi connectivity index (χ4v) is 2.48. The lowest BCUT2D eigenvalue weighted by atomic mass is 10.1. The first-order valence-electron chi connectivity index (χ1n) is 7.85. The molecule has 134 valence electrons. The lowest BCUT2D eigenvalue weighted by Gasteiger charge is -2.20. The summed E-state index contributed by atoms with van der Waals surface area (Å²) in [7, 11) is 4.81. The predicted molar refractivity (Wildman–Crippen MR) is 94.0 cm³/mol. The normalized spacial score (nSPS) is 10.4. The summed E-state index contributed by atoms with van der Waals surface area (Å²) in [6.45, 7) is 3.75. The second kappa shape index (κ2) is 7.83. The number of benzene rings is 1. The molecule has 25 heavy (non-hydrogen) atoms. The van der Waals surface area contributed by atoms with Crippen molar-refractivity contribution in [3.8, 4) is 11.5 Å². The number of hydrogen-bond donors (Lipinski definition) is 0. The quantitative estimate of drug-likeness (QED) is 0.794. The van der Waals surface area contributed by atoms with Gasteiger partial charge in [0, 0.05) is 30.4 Å². The van der Waals surface area contributed by atoms with Crippen molar-refractivity contribution in [1.29, 1.82) is 0 Å². The number of amides is 1. The third-order valence-electron chi connectivity index (χ3n) is 4.14. The zero-order valence-corrected chi connectivity index (χ0v) is 15.2. The van der Waals surface area contributed by atoms with Crippen molar-refractivity contribution in [2.75, 3.05) is 21.3 Å². The highest BCUT2D eigenvalue weighted by molar-refractivity contribution is 5.75. The number of ether oxygens (including phenoxy) is 2. The van der Waals surface area contributed by atoms with Gasteiger partial charge in [-0.15, -0.1) is 0 Å². The minimum atomic E-state index is -0.201. The zero-order chi connectivity index (χ0) is 18.6. The fraction of sp³-hybridized carbons (Fsp3) is 0.389. The van der Waals surface area contributed by atoms with Gasteiger partial charge >= 0.3 is 0 Å². The largest absolute Gasteiger partial charge is 0.493 e. The van der Waals surface area contributed by atoms with E-state index in [1.54, 1.807) is 46.1 Å². The number of methoxy groups -OCH3 is 2. The van der Waals surface area contributed by atoms with E-state index in [-0.39, 0.29) is 18.0 Å². The van der Waals surface area contributed by atoms with E-state index in [9.17, 15) is 9.59 Å². The van der Waals surface area contributed by atoms with Crippen LogP contribution in [0.1, 0.15) is 16.8 Å². The van der Waals surface area contributed by atoms with E-state index >= 15 is 0 Å². The van der Waals surface area contributed by atoms with Gasteiger partial charge in [-0.25, -0.2) is 4.98 Å². The van der Waals surface area contributed by atoms with E-state index in [0.29, 0.717) is 29.3 Å². The van der Waals surface area contributed by atoms with Gasteiger partial charge in [-0.3, -0.25) is 14.2 Å². The molecule has 0 bridgehead atoms. The molecule has 0 fully saturated rings. The number of carbonyl (C=O) groups excluding carboxylic acids is 1. The molecule has 0 saturated carbocycles. The molecule has 0 aliphatic rings. The Morgan fingerprint density at radius 1 is 1.24 bits per heavy atom. The molecular formula is C18H23N3O4. The minimum absolute atomic E-state index is 0.0598. The second-order valence-corrected chi connectivity index (χ2v) is 5.79. The zero-order valence-electron chi connectivity index (χ0n) is 15.2. The topological polar surface area (TPSA) is 73.7 Å². The lowest BCUT2D eigenvalue weighted by molar-refractivity contribution is -0.131. The molecule has 0 N–H and O–H groups in total. The number of para-hydroxylation sites is 1. The Balaban J connectivity index is 2.17. The molecule has 0 unspecified atom stereocenters. The van der Waals surface area contributed by atoms with Crippen molar-refractivity contribution >= 4 is 5.91 Å². The van der Waals surface area contributed by atoms with Crippen molar-refractivity contribution in [2.24, 2.45) is 0 Å². The molecule has 2 rings (SSSR count). The number of hydrogen-bond acceptors (Lipinski definition) is 5. The molecule has 1 aromatic heterocycles. The molecule has 0 saturated heterocycles. The Morgan fingerprint density at radius 3 is 2.60 bits per heavy atom. The van der Waals surface area contributed by atoms with E-state index in [2.05, 4.69) is 4.98 Å². The van der Waals surface area contributed by atoms with Gasteiger partial charge in [0.25, 0.3) is 5.56 Å². The summed E-state index contributed by atoms with van der Waals surface area (Å²) >= 11 is 0. The minimum Gasteiger partial charge on any atom is -0.493 e. The van der Waals surface area contributed by atoms with Crippen LogP contribution in [0.2, 0.25) is 0 Å². The van der Waals surface area contributed by atoms with Gasteiger partial charge in [-0.05, 0) is 19.9 Å². The number of carbonyl (C=O) groups is 1. The molecular weight excluding hydrogens is 322 g/mol. The standard InChI is InChI=1S/C18H23N3O4/c1-12-13(2)19-11-21(18(12)23)10-16(22)20(3)9-14-7-6-8-15(24-4)17(14)25-5/h6-8,11H,9-10H2,1-5H3. The van der Waals surface area contributed by atoms with E-state index in [0.717, 1.165) is 5.56 Å². The molecule has 2 aromatic rings. The Morgan fingerprint density at radius 2 is 1.96 bits per heavy atom. The SMILES string of the molecule is COc1cccc(CN(C)C(=O)Cn2cnc(C)c(C)c2=O)c1OC. The van der Waals surface area contributed by atoms with Crippen LogP contribution in [0.5, 0.6) is 11.5 Å². The molecule has 0 spiro atoms. The molecule has 7 heteroatoms. The van der Waals surface area contributed by atoms with Gasteiger partial charge in [0.2, 0.25) is 5.91 Å². The van der Waals surface area contributed by atoms with Crippen LogP contribution < -0.4 is 15.0 Å². The molecule has 0 radical (unpaired) electrons. The van der Waals surface area contributed by atoms with Crippen LogP contribution in [0.4, 0.5) is 0 Å². The summed E-state index contributed by atoms with van der Waals surface area (Å²) < 4.78 is 12.0. The third kappa shape index (κ3) is 3.99. The molecule has 1 amide bonds. The maximum absolute atomic E-state index is 12.5. The Bertz CT molecular complexity index is 830. The summed E-state index contributed by atoms with van der Waals surface area (Å²) in [5.74, 6) is 1.00. The summed E-state index contributed by atoms with van der Waals surface area (Å²) in [4.78, 5) is 30.4. The molecule has 1 heterocycles. The van der Waals surface area contributed by atoms with Gasteiger partial charge in [0.15, 0.2) is 11.5 Å². The fourth-order valence-electron chi connectivity index (χ4n) is 2.48. The van der Waals surface area contributed by atoms with Crippen LogP contribution in [0.15, 0.2) is 29.3 Å². The van der Waals surface area contributed by atoms with Crippen molar-refractivity contribution in [2.45, 2.75) is 26.9 Å². The van der Waals surface area contributed by atoms with Crippen LogP contribution >= 0.6 is 0 Å². The monoisotopic (exact) mass is 345 g/mol. The van der Waals surface area contributed by atoms with E-state index in [4.69, 9.17) is 9.47 Å². The number of rotatable bonds is 6. The number of aromatic nitrogens is 2. The van der Waals surface area contributed by atoms with Crippen LogP contribution in [0.25, 0.3) is 0 Å². The summed E-state index contributed by atoms with van der Waals surface area (Å²) in [5, 5.41) is 0. The van der Waals surface area contributed by atoms with Gasteiger partial charge in [0.1, 0.15) is 6.54 Å². The average molecular weight is 345 g/mol. The first-order chi connectivity index (χ1) is 11.9. The van der Waals surface area contributed by atoms with Crippen molar-refractivity contribution in [3.05, 3.63) is 51.7 Å². The van der Waals surface area contributed by atoms with Gasteiger partial charge in [-0.1, -0.05) is 12.1 Å². The lowest BCUT2D eigenvalue weighted by Crippen LogP contribution is -2.34. The molecule has 1 aromatic carbocycles. The maximum Gasteiger partial charge on any atom is 0.256 e. The van der Waals surface area contributed by atoms with Gasteiger partial charge < -0.3 is 14.4 Å². The van der Waals surface area contributed by atoms with Gasteiger partial charge in [-0.2, -0.15) is 0 Å². The number of nitrogens with zero attached hydrogens (tertiary/aromatic N) is 3. The number of aryl methyl sites for hydroxylation is 1. The highest BCUT2D eigenvalue weighted by atomic mass is 16.5. The highest BCUT2D eigenvalue weighted by Gasteiger charge is 2.16. The Hall–Kier alpha value is -2.83. The average Bonchev–Trinajstić information content (AvgIpc) is 2.61. The van der Waals surface area contributed by atoms with Gasteiger partial charge in [0.05, 0.1) is 20.5 Å². The van der Waals surface area contributed by atoms with E-state index in [1.165, 1.54) is 10.9 Å². The molecule has 0 aliphatic carbocycles. The third-order valence-corrected chi connectivity index (χ3v) is 4.14. The number of likely N-dealkylation sites (N-methyl/N-ethyl adjacent to an activating group) is 1. The van der Waals surface area contributed by atoms with Crippen molar-refractivity contribution in [1.82, 2.24) is 14.5 Å². The van der Waals surface area contributed by atoms with Crippen LogP contribution in [0, 0.1) is 13.8 Å².